The Morgan fingerprint density at radius 3 is 2.62 bits per heavy atom. The fourth-order valence-corrected chi connectivity index (χ4v) is 5.40. The quantitative estimate of drug-likeness (QED) is 0.613. The lowest BCUT2D eigenvalue weighted by Crippen LogP contribution is -2.57. The normalized spacial score (nSPS) is 19.4. The number of nitrogens with zero attached hydrogens (tertiary/aromatic N) is 1. The predicted molar refractivity (Wildman–Crippen MR) is 122 cm³/mol. The molecular weight excluding hydrogens is 432 g/mol. The van der Waals surface area contributed by atoms with E-state index in [-0.39, 0.29) is 21.7 Å². The van der Waals surface area contributed by atoms with Gasteiger partial charge in [0, 0.05) is 49.9 Å². The standard InChI is InChI=1S/C25H22ClF2N3O/c1-29-24(32)16-8-5-9-18(27)21(16)22-17-13-25(15-6-3-2-4-7-15)14-30-10-11-31(25)20(17)12-19(28)23(22)26/h2-9,12,30H,10-11,13-14H2,1H3,(H,29,32). The van der Waals surface area contributed by atoms with Crippen LogP contribution in [0.25, 0.3) is 11.1 Å². The van der Waals surface area contributed by atoms with Gasteiger partial charge in [0.15, 0.2) is 0 Å². The van der Waals surface area contributed by atoms with Crippen molar-refractivity contribution in [1.29, 1.82) is 0 Å². The average molecular weight is 454 g/mol. The van der Waals surface area contributed by atoms with E-state index in [9.17, 15) is 4.79 Å². The molecule has 1 fully saturated rings. The summed E-state index contributed by atoms with van der Waals surface area (Å²) >= 11 is 6.48. The van der Waals surface area contributed by atoms with Crippen LogP contribution in [0.1, 0.15) is 21.5 Å². The fraction of sp³-hybridized carbons (Fsp3) is 0.240. The van der Waals surface area contributed by atoms with Gasteiger partial charge in [-0.2, -0.15) is 0 Å². The van der Waals surface area contributed by atoms with Crippen molar-refractivity contribution in [3.63, 3.8) is 0 Å². The number of amides is 1. The van der Waals surface area contributed by atoms with Crippen molar-refractivity contribution >= 4 is 23.2 Å². The Labute approximate surface area is 190 Å². The summed E-state index contributed by atoms with van der Waals surface area (Å²) in [5.74, 6) is -1.70. The summed E-state index contributed by atoms with van der Waals surface area (Å²) in [7, 11) is 1.48. The zero-order valence-corrected chi connectivity index (χ0v) is 18.3. The Morgan fingerprint density at radius 2 is 1.88 bits per heavy atom. The summed E-state index contributed by atoms with van der Waals surface area (Å²) in [4.78, 5) is 14.7. The molecule has 1 atom stereocenters. The van der Waals surface area contributed by atoms with Crippen LogP contribution in [-0.4, -0.2) is 32.6 Å². The molecule has 1 unspecified atom stereocenters. The topological polar surface area (TPSA) is 44.4 Å². The zero-order chi connectivity index (χ0) is 22.5. The molecule has 2 N–H and O–H groups in total. The number of hydrogen-bond donors (Lipinski definition) is 2. The number of rotatable bonds is 3. The highest BCUT2D eigenvalue weighted by molar-refractivity contribution is 6.34. The third-order valence-electron chi connectivity index (χ3n) is 6.56. The van der Waals surface area contributed by atoms with Crippen LogP contribution in [0.2, 0.25) is 5.02 Å². The smallest absolute Gasteiger partial charge is 0.251 e. The van der Waals surface area contributed by atoms with Crippen molar-refractivity contribution in [2.45, 2.75) is 12.0 Å². The summed E-state index contributed by atoms with van der Waals surface area (Å²) in [6.07, 6.45) is 0.510. The number of hydrogen-bond acceptors (Lipinski definition) is 3. The summed E-state index contributed by atoms with van der Waals surface area (Å²) in [5.41, 5.74) is 2.49. The Balaban J connectivity index is 1.80. The molecule has 3 aromatic carbocycles. The second kappa shape index (κ2) is 7.87. The van der Waals surface area contributed by atoms with Gasteiger partial charge in [-0.15, -0.1) is 0 Å². The van der Waals surface area contributed by atoms with Crippen molar-refractivity contribution in [3.05, 3.63) is 87.9 Å². The molecule has 32 heavy (non-hydrogen) atoms. The van der Waals surface area contributed by atoms with Gasteiger partial charge in [0.05, 0.1) is 16.1 Å². The van der Waals surface area contributed by atoms with Gasteiger partial charge in [0.1, 0.15) is 11.6 Å². The maximum absolute atomic E-state index is 15.2. The molecule has 164 valence electrons. The van der Waals surface area contributed by atoms with Crippen LogP contribution in [0.3, 0.4) is 0 Å². The van der Waals surface area contributed by atoms with Crippen LogP contribution >= 0.6 is 11.6 Å². The highest BCUT2D eigenvalue weighted by atomic mass is 35.5. The maximum Gasteiger partial charge on any atom is 0.251 e. The van der Waals surface area contributed by atoms with Crippen LogP contribution in [0.5, 0.6) is 0 Å². The number of piperazine rings is 1. The van der Waals surface area contributed by atoms with E-state index in [0.29, 0.717) is 25.2 Å². The van der Waals surface area contributed by atoms with Crippen molar-refractivity contribution in [1.82, 2.24) is 10.6 Å². The number of carbonyl (C=O) groups excluding carboxylic acids is 1. The van der Waals surface area contributed by atoms with Gasteiger partial charge in [-0.05, 0) is 29.3 Å². The number of halogens is 3. The highest BCUT2D eigenvalue weighted by Gasteiger charge is 2.48. The first-order chi connectivity index (χ1) is 15.5. The van der Waals surface area contributed by atoms with Gasteiger partial charge < -0.3 is 15.5 Å². The van der Waals surface area contributed by atoms with E-state index < -0.39 is 23.1 Å². The predicted octanol–water partition coefficient (Wildman–Crippen LogP) is 4.51. The van der Waals surface area contributed by atoms with Crippen LogP contribution in [0, 0.1) is 11.6 Å². The average Bonchev–Trinajstić information content (AvgIpc) is 3.15. The first-order valence-electron chi connectivity index (χ1n) is 10.5. The second-order valence-corrected chi connectivity index (χ2v) is 8.57. The van der Waals surface area contributed by atoms with E-state index in [1.54, 1.807) is 0 Å². The molecular formula is C25H22ClF2N3O. The molecule has 0 radical (unpaired) electrons. The second-order valence-electron chi connectivity index (χ2n) is 8.19. The van der Waals surface area contributed by atoms with Crippen LogP contribution < -0.4 is 15.5 Å². The number of fused-ring (bicyclic) bond motifs is 3. The lowest BCUT2D eigenvalue weighted by molar-refractivity contribution is 0.0963. The van der Waals surface area contributed by atoms with E-state index in [1.807, 2.05) is 18.2 Å². The molecule has 1 saturated heterocycles. The van der Waals surface area contributed by atoms with E-state index in [4.69, 9.17) is 11.6 Å². The first-order valence-corrected chi connectivity index (χ1v) is 10.9. The molecule has 0 aliphatic carbocycles. The summed E-state index contributed by atoms with van der Waals surface area (Å²) in [6, 6.07) is 15.7. The largest absolute Gasteiger partial charge is 0.359 e. The monoisotopic (exact) mass is 453 g/mol. The summed E-state index contributed by atoms with van der Waals surface area (Å²) in [5, 5.41) is 5.83. The highest BCUT2D eigenvalue weighted by Crippen LogP contribution is 2.52. The van der Waals surface area contributed by atoms with E-state index in [0.717, 1.165) is 17.7 Å². The van der Waals surface area contributed by atoms with Gasteiger partial charge >= 0.3 is 0 Å². The lowest BCUT2D eigenvalue weighted by Gasteiger charge is -2.45. The number of nitrogens with one attached hydrogen (secondary N) is 2. The minimum atomic E-state index is -0.631. The van der Waals surface area contributed by atoms with Crippen LogP contribution in [-0.2, 0) is 12.0 Å². The lowest BCUT2D eigenvalue weighted by atomic mass is 9.83. The molecule has 0 saturated carbocycles. The SMILES string of the molecule is CNC(=O)c1cccc(F)c1-c1c(Cl)c(F)cc2c1CC1(c3ccccc3)CNCCN21. The van der Waals surface area contributed by atoms with Gasteiger partial charge in [-0.1, -0.05) is 48.0 Å². The van der Waals surface area contributed by atoms with Crippen molar-refractivity contribution in [2.75, 3.05) is 31.6 Å². The van der Waals surface area contributed by atoms with E-state index in [2.05, 4.69) is 27.7 Å². The molecule has 5 rings (SSSR count). The van der Waals surface area contributed by atoms with Crippen molar-refractivity contribution in [3.8, 4) is 11.1 Å². The van der Waals surface area contributed by atoms with Gasteiger partial charge in [0.25, 0.3) is 5.91 Å². The number of benzene rings is 3. The molecule has 2 aliphatic rings. The molecule has 2 aliphatic heterocycles. The van der Waals surface area contributed by atoms with Gasteiger partial charge in [-0.25, -0.2) is 8.78 Å². The van der Waals surface area contributed by atoms with Crippen LogP contribution in [0.4, 0.5) is 14.5 Å². The maximum atomic E-state index is 15.2. The molecule has 7 heteroatoms. The number of anilines is 1. The number of carbonyl (C=O) groups is 1. The molecule has 0 bridgehead atoms. The van der Waals surface area contributed by atoms with E-state index >= 15 is 8.78 Å². The third-order valence-corrected chi connectivity index (χ3v) is 6.93. The van der Waals surface area contributed by atoms with Gasteiger partial charge in [-0.3, -0.25) is 4.79 Å². The van der Waals surface area contributed by atoms with E-state index in [1.165, 1.54) is 31.3 Å². The Morgan fingerprint density at radius 1 is 1.09 bits per heavy atom. The minimum absolute atomic E-state index is 0.0311. The zero-order valence-electron chi connectivity index (χ0n) is 17.5. The molecule has 3 aromatic rings. The first kappa shape index (κ1) is 20.9. The molecule has 0 spiro atoms. The molecule has 4 nitrogen and oxygen atoms in total. The third kappa shape index (κ3) is 3.01. The Kier molecular flexibility index (Phi) is 5.14. The fourth-order valence-electron chi connectivity index (χ4n) is 5.14. The van der Waals surface area contributed by atoms with Crippen LogP contribution in [0.15, 0.2) is 54.6 Å². The van der Waals surface area contributed by atoms with Crippen molar-refractivity contribution in [2.24, 2.45) is 0 Å². The summed E-state index contributed by atoms with van der Waals surface area (Å²) < 4.78 is 30.4. The Hall–Kier alpha value is -2.96. The summed E-state index contributed by atoms with van der Waals surface area (Å²) in [6.45, 7) is 2.07. The minimum Gasteiger partial charge on any atom is -0.359 e. The Bertz CT molecular complexity index is 1220. The molecule has 1 amide bonds. The molecule has 2 heterocycles. The molecule has 0 aromatic heterocycles. The van der Waals surface area contributed by atoms with Gasteiger partial charge in [0.2, 0.25) is 0 Å². The van der Waals surface area contributed by atoms with Crippen molar-refractivity contribution < 1.29 is 13.6 Å².